The fourth-order valence-electron chi connectivity index (χ4n) is 1.00. The van der Waals surface area contributed by atoms with Crippen LogP contribution in [0, 0.1) is 17.8 Å². The minimum atomic E-state index is -0.773. The first-order valence-corrected chi connectivity index (χ1v) is 5.63. The van der Waals surface area contributed by atoms with Crippen LogP contribution in [0.15, 0.2) is 0 Å². The molecule has 100 valence electrons. The number of carbonyl (C=O) groups excluding carboxylic acids is 2. The van der Waals surface area contributed by atoms with E-state index in [9.17, 15) is 14.4 Å². The highest BCUT2D eigenvalue weighted by atomic mass is 16.5. The molecule has 0 radical (unpaired) electrons. The van der Waals surface area contributed by atoms with Crippen LogP contribution in [-0.4, -0.2) is 33.2 Å². The molecule has 0 aromatic carbocycles. The Kier molecular flexibility index (Phi) is 7.40. The third kappa shape index (κ3) is 6.01. The van der Waals surface area contributed by atoms with E-state index in [1.165, 1.54) is 0 Å². The Morgan fingerprint density at radius 2 is 1.83 bits per heavy atom. The number of hydrogen-bond acceptors (Lipinski definition) is 4. The van der Waals surface area contributed by atoms with Crippen molar-refractivity contribution in [3.63, 3.8) is 0 Å². The largest absolute Gasteiger partial charge is 0.481 e. The first kappa shape index (κ1) is 16.1. The number of hydrogen-bond donors (Lipinski definition) is 2. The van der Waals surface area contributed by atoms with Crippen molar-refractivity contribution in [2.45, 2.75) is 39.5 Å². The Labute approximate surface area is 106 Å². The normalized spacial score (nSPS) is 15.4. The van der Waals surface area contributed by atoms with E-state index >= 15 is 0 Å². The standard InChI is InChI=1S/C8H12O2.C4H5NO3/c1-3-4-5-6-7(2)8(9)10;6-3-1-2-4(7)5(3)8/h7H,3,6H2,1-2H3,(H,9,10);8H,1-2H2. The van der Waals surface area contributed by atoms with E-state index in [0.717, 1.165) is 6.42 Å². The van der Waals surface area contributed by atoms with Crippen molar-refractivity contribution >= 4 is 17.8 Å². The summed E-state index contributed by atoms with van der Waals surface area (Å²) in [5.74, 6) is 3.49. The molecule has 1 saturated heterocycles. The zero-order chi connectivity index (χ0) is 14.1. The van der Waals surface area contributed by atoms with Crippen molar-refractivity contribution in [3.05, 3.63) is 0 Å². The number of rotatable bonds is 2. The van der Waals surface area contributed by atoms with Crippen molar-refractivity contribution < 1.29 is 24.7 Å². The highest BCUT2D eigenvalue weighted by molar-refractivity contribution is 6.00. The summed E-state index contributed by atoms with van der Waals surface area (Å²) < 4.78 is 0. The van der Waals surface area contributed by atoms with Crippen molar-refractivity contribution in [2.24, 2.45) is 5.92 Å². The van der Waals surface area contributed by atoms with Gasteiger partial charge in [0.2, 0.25) is 0 Å². The second-order valence-electron chi connectivity index (χ2n) is 3.75. The zero-order valence-electron chi connectivity index (χ0n) is 10.5. The van der Waals surface area contributed by atoms with Gasteiger partial charge in [-0.15, -0.1) is 11.8 Å². The lowest BCUT2D eigenvalue weighted by Crippen LogP contribution is -2.24. The van der Waals surface area contributed by atoms with Crippen LogP contribution < -0.4 is 0 Å². The lowest BCUT2D eigenvalue weighted by atomic mass is 10.1. The van der Waals surface area contributed by atoms with Crippen molar-refractivity contribution in [2.75, 3.05) is 0 Å². The van der Waals surface area contributed by atoms with Gasteiger partial charge in [-0.25, -0.2) is 0 Å². The van der Waals surface area contributed by atoms with E-state index in [1.54, 1.807) is 6.92 Å². The minimum absolute atomic E-state index is 0.148. The molecule has 0 aliphatic carbocycles. The molecule has 1 rings (SSSR count). The topological polar surface area (TPSA) is 94.9 Å². The van der Waals surface area contributed by atoms with Crippen molar-refractivity contribution in [1.82, 2.24) is 5.06 Å². The number of carboxylic acids is 1. The molecule has 1 fully saturated rings. The van der Waals surface area contributed by atoms with Crippen LogP contribution in [0.3, 0.4) is 0 Å². The molecule has 6 nitrogen and oxygen atoms in total. The maximum absolute atomic E-state index is 10.2. The predicted octanol–water partition coefficient (Wildman–Crippen LogP) is 1.04. The van der Waals surface area contributed by atoms with Gasteiger partial charge in [-0.1, -0.05) is 13.8 Å². The molecule has 2 N–H and O–H groups in total. The molecule has 0 bridgehead atoms. The molecule has 1 atom stereocenters. The second kappa shape index (κ2) is 8.25. The van der Waals surface area contributed by atoms with E-state index in [4.69, 9.17) is 10.3 Å². The molecular formula is C12H17NO5. The molecule has 18 heavy (non-hydrogen) atoms. The Balaban J connectivity index is 0.000000327. The number of carbonyl (C=O) groups is 3. The van der Waals surface area contributed by atoms with Crippen LogP contribution in [0.25, 0.3) is 0 Å². The molecule has 0 aromatic rings. The quantitative estimate of drug-likeness (QED) is 0.436. The minimum Gasteiger partial charge on any atom is -0.481 e. The molecule has 1 aliphatic heterocycles. The third-order valence-corrected chi connectivity index (χ3v) is 2.16. The summed E-state index contributed by atoms with van der Waals surface area (Å²) in [6.45, 7) is 3.60. The summed E-state index contributed by atoms with van der Waals surface area (Å²) in [7, 11) is 0. The van der Waals surface area contributed by atoms with E-state index in [0.29, 0.717) is 6.42 Å². The van der Waals surface area contributed by atoms with E-state index in [1.807, 2.05) is 6.92 Å². The number of aliphatic carboxylic acids is 1. The Hall–Kier alpha value is -1.87. The van der Waals surface area contributed by atoms with Crippen LogP contribution in [0.5, 0.6) is 0 Å². The van der Waals surface area contributed by atoms with Crippen LogP contribution in [0.1, 0.15) is 39.5 Å². The summed E-state index contributed by atoms with van der Waals surface area (Å²) in [5.41, 5.74) is 0. The van der Waals surface area contributed by atoms with E-state index < -0.39 is 17.8 Å². The van der Waals surface area contributed by atoms with Gasteiger partial charge in [-0.3, -0.25) is 19.6 Å². The fraction of sp³-hybridized carbons (Fsp3) is 0.583. The predicted molar refractivity (Wildman–Crippen MR) is 62.4 cm³/mol. The van der Waals surface area contributed by atoms with Crippen LogP contribution in [0.2, 0.25) is 0 Å². The zero-order valence-corrected chi connectivity index (χ0v) is 10.5. The Bertz CT molecular complexity index is 364. The van der Waals surface area contributed by atoms with Gasteiger partial charge in [0.05, 0.1) is 5.92 Å². The second-order valence-corrected chi connectivity index (χ2v) is 3.75. The number of hydroxylamine groups is 2. The molecule has 1 aliphatic rings. The first-order chi connectivity index (χ1) is 8.40. The maximum Gasteiger partial charge on any atom is 0.307 e. The van der Waals surface area contributed by atoms with E-state index in [-0.39, 0.29) is 23.8 Å². The third-order valence-electron chi connectivity index (χ3n) is 2.16. The molecule has 1 unspecified atom stereocenters. The number of amides is 2. The highest BCUT2D eigenvalue weighted by Gasteiger charge is 2.26. The smallest absolute Gasteiger partial charge is 0.307 e. The van der Waals surface area contributed by atoms with Gasteiger partial charge in [-0.2, -0.15) is 5.06 Å². The maximum atomic E-state index is 10.2. The van der Waals surface area contributed by atoms with Gasteiger partial charge in [0.25, 0.3) is 11.8 Å². The first-order valence-electron chi connectivity index (χ1n) is 5.63. The van der Waals surface area contributed by atoms with Gasteiger partial charge in [0, 0.05) is 25.7 Å². The molecule has 0 saturated carbocycles. The number of imide groups is 1. The van der Waals surface area contributed by atoms with Crippen LogP contribution in [0.4, 0.5) is 0 Å². The van der Waals surface area contributed by atoms with Crippen LogP contribution >= 0.6 is 0 Å². The van der Waals surface area contributed by atoms with Gasteiger partial charge >= 0.3 is 5.97 Å². The van der Waals surface area contributed by atoms with Crippen LogP contribution in [-0.2, 0) is 14.4 Å². The summed E-state index contributed by atoms with van der Waals surface area (Å²) in [4.78, 5) is 30.7. The summed E-state index contributed by atoms with van der Waals surface area (Å²) in [5, 5.41) is 17.0. The lowest BCUT2D eigenvalue weighted by Gasteiger charge is -1.98. The van der Waals surface area contributed by atoms with Crippen molar-refractivity contribution in [3.8, 4) is 11.8 Å². The molecule has 6 heteroatoms. The SMILES string of the molecule is CCC#CCC(C)C(=O)O.O=C1CCC(=O)N1O. The van der Waals surface area contributed by atoms with Gasteiger partial charge in [0.1, 0.15) is 0 Å². The Morgan fingerprint density at radius 1 is 1.33 bits per heavy atom. The van der Waals surface area contributed by atoms with Gasteiger partial charge in [0.15, 0.2) is 0 Å². The Morgan fingerprint density at radius 3 is 2.11 bits per heavy atom. The molecule has 0 spiro atoms. The average molecular weight is 255 g/mol. The number of nitrogens with zero attached hydrogens (tertiary/aromatic N) is 1. The number of carboxylic acid groups (broad SMARTS) is 1. The fourth-order valence-corrected chi connectivity index (χ4v) is 1.00. The van der Waals surface area contributed by atoms with Gasteiger partial charge in [-0.05, 0) is 0 Å². The monoisotopic (exact) mass is 255 g/mol. The molecule has 2 amide bonds. The summed E-state index contributed by atoms with van der Waals surface area (Å²) in [6, 6.07) is 0. The molecule has 0 aromatic heterocycles. The summed E-state index contributed by atoms with van der Waals surface area (Å²) in [6.07, 6.45) is 1.56. The average Bonchev–Trinajstić information content (AvgIpc) is 2.61. The lowest BCUT2D eigenvalue weighted by molar-refractivity contribution is -0.171. The van der Waals surface area contributed by atoms with Gasteiger partial charge < -0.3 is 5.11 Å². The highest BCUT2D eigenvalue weighted by Crippen LogP contribution is 2.07. The summed E-state index contributed by atoms with van der Waals surface area (Å²) >= 11 is 0. The molecular weight excluding hydrogens is 238 g/mol. The molecule has 1 heterocycles. The van der Waals surface area contributed by atoms with Crippen molar-refractivity contribution in [1.29, 1.82) is 0 Å². The van der Waals surface area contributed by atoms with E-state index in [2.05, 4.69) is 11.8 Å².